The Balaban J connectivity index is 1.82. The average molecular weight is 396 g/mol. The van der Waals surface area contributed by atoms with Gasteiger partial charge in [0, 0.05) is 11.6 Å². The van der Waals surface area contributed by atoms with Gasteiger partial charge in [0.1, 0.15) is 11.6 Å². The topological polar surface area (TPSA) is 70.2 Å². The molecule has 2 rings (SSSR count). The van der Waals surface area contributed by atoms with Crippen LogP contribution in [-0.2, 0) is 16.9 Å². The highest BCUT2D eigenvalue weighted by atomic mass is 35.5. The monoisotopic (exact) mass is 395 g/mol. The zero-order chi connectivity index (χ0) is 20.0. The maximum absolute atomic E-state index is 13.2. The Kier molecular flexibility index (Phi) is 6.74. The van der Waals surface area contributed by atoms with Gasteiger partial charge in [-0.2, -0.15) is 0 Å². The summed E-state index contributed by atoms with van der Waals surface area (Å²) in [5.41, 5.74) is 0.427. The molecule has 27 heavy (non-hydrogen) atoms. The van der Waals surface area contributed by atoms with Crippen LogP contribution in [0.3, 0.4) is 0 Å². The van der Waals surface area contributed by atoms with Crippen molar-refractivity contribution in [2.75, 3.05) is 6.54 Å². The Hall–Kier alpha value is -2.67. The number of carbonyl (C=O) groups excluding carboxylic acids is 2. The number of amides is 3. The first-order chi connectivity index (χ1) is 12.7. The van der Waals surface area contributed by atoms with Gasteiger partial charge in [-0.25, -0.2) is 13.6 Å². The lowest BCUT2D eigenvalue weighted by atomic mass is 9.94. The van der Waals surface area contributed by atoms with Crippen LogP contribution in [0, 0.1) is 11.6 Å². The number of carbonyl (C=O) groups is 2. The van der Waals surface area contributed by atoms with Crippen molar-refractivity contribution in [3.8, 4) is 0 Å². The van der Waals surface area contributed by atoms with Crippen molar-refractivity contribution in [2.24, 2.45) is 0 Å². The molecular formula is C19H20ClF2N3O2. The van der Waals surface area contributed by atoms with Crippen molar-refractivity contribution in [2.45, 2.75) is 25.9 Å². The first kappa shape index (κ1) is 20.6. The van der Waals surface area contributed by atoms with Gasteiger partial charge in [-0.15, -0.1) is 0 Å². The first-order valence-corrected chi connectivity index (χ1v) is 8.58. The molecule has 0 aliphatic carbocycles. The van der Waals surface area contributed by atoms with E-state index in [1.165, 1.54) is 30.3 Å². The smallest absolute Gasteiger partial charge is 0.315 e. The first-order valence-electron chi connectivity index (χ1n) is 8.20. The normalized spacial score (nSPS) is 11.0. The van der Waals surface area contributed by atoms with E-state index >= 15 is 0 Å². The quantitative estimate of drug-likeness (QED) is 0.701. The van der Waals surface area contributed by atoms with Crippen LogP contribution < -0.4 is 16.0 Å². The number of urea groups is 1. The second kappa shape index (κ2) is 8.81. The Labute approximate surface area is 161 Å². The van der Waals surface area contributed by atoms with E-state index in [4.69, 9.17) is 11.6 Å². The lowest BCUT2D eigenvalue weighted by molar-refractivity contribution is -0.121. The van der Waals surface area contributed by atoms with Gasteiger partial charge in [0.25, 0.3) is 0 Å². The van der Waals surface area contributed by atoms with Gasteiger partial charge in [-0.1, -0.05) is 29.8 Å². The Morgan fingerprint density at radius 1 is 1.00 bits per heavy atom. The van der Waals surface area contributed by atoms with Gasteiger partial charge in [0.05, 0.1) is 12.1 Å². The Bertz CT molecular complexity index is 826. The summed E-state index contributed by atoms with van der Waals surface area (Å²) in [6, 6.07) is 9.10. The van der Waals surface area contributed by atoms with Crippen LogP contribution in [0.2, 0.25) is 5.02 Å². The number of hydrogen-bond donors (Lipinski definition) is 3. The third-order valence-corrected chi connectivity index (χ3v) is 4.14. The molecule has 0 saturated heterocycles. The summed E-state index contributed by atoms with van der Waals surface area (Å²) in [6.45, 7) is 3.39. The van der Waals surface area contributed by atoms with Gasteiger partial charge in [-0.3, -0.25) is 4.79 Å². The molecule has 0 spiro atoms. The van der Waals surface area contributed by atoms with Crippen LogP contribution in [0.1, 0.15) is 25.0 Å². The van der Waals surface area contributed by atoms with Crippen LogP contribution in [0.5, 0.6) is 0 Å². The SMILES string of the molecule is CC(C)(NC(=O)CNC(=O)NCc1ccc(F)cc1)c1ccc(F)cc1Cl. The molecule has 0 fully saturated rings. The number of rotatable bonds is 6. The third-order valence-electron chi connectivity index (χ3n) is 3.83. The van der Waals surface area contributed by atoms with Crippen molar-refractivity contribution in [3.63, 3.8) is 0 Å². The molecule has 0 radical (unpaired) electrons. The molecule has 2 aromatic carbocycles. The molecule has 3 amide bonds. The van der Waals surface area contributed by atoms with E-state index in [1.807, 2.05) is 0 Å². The zero-order valence-electron chi connectivity index (χ0n) is 14.9. The zero-order valence-corrected chi connectivity index (χ0v) is 15.7. The fourth-order valence-corrected chi connectivity index (χ4v) is 2.87. The molecular weight excluding hydrogens is 376 g/mol. The lowest BCUT2D eigenvalue weighted by Gasteiger charge is -2.28. The summed E-state index contributed by atoms with van der Waals surface area (Å²) < 4.78 is 26.0. The van der Waals surface area contributed by atoms with Crippen LogP contribution in [0.25, 0.3) is 0 Å². The maximum Gasteiger partial charge on any atom is 0.315 e. The summed E-state index contributed by atoms with van der Waals surface area (Å²) >= 11 is 6.04. The van der Waals surface area contributed by atoms with E-state index in [0.29, 0.717) is 5.56 Å². The van der Waals surface area contributed by atoms with E-state index in [-0.39, 0.29) is 23.9 Å². The predicted octanol–water partition coefficient (Wildman–Crippen LogP) is 3.47. The number of benzene rings is 2. The molecule has 0 bridgehead atoms. The molecule has 0 aliphatic heterocycles. The highest BCUT2D eigenvalue weighted by molar-refractivity contribution is 6.31. The molecule has 0 unspecified atom stereocenters. The number of nitrogens with one attached hydrogen (secondary N) is 3. The minimum atomic E-state index is -0.853. The van der Waals surface area contributed by atoms with Gasteiger partial charge in [-0.05, 0) is 49.2 Å². The van der Waals surface area contributed by atoms with Crippen LogP contribution in [-0.4, -0.2) is 18.5 Å². The molecule has 8 heteroatoms. The van der Waals surface area contributed by atoms with Gasteiger partial charge in [0.2, 0.25) is 5.91 Å². The molecule has 2 aromatic rings. The second-order valence-corrected chi connectivity index (χ2v) is 6.87. The van der Waals surface area contributed by atoms with Gasteiger partial charge in [0.15, 0.2) is 0 Å². The third kappa shape index (κ3) is 6.21. The largest absolute Gasteiger partial charge is 0.346 e. The molecule has 0 saturated carbocycles. The number of hydrogen-bond acceptors (Lipinski definition) is 2. The van der Waals surface area contributed by atoms with Crippen LogP contribution in [0.4, 0.5) is 13.6 Å². The molecule has 0 aromatic heterocycles. The van der Waals surface area contributed by atoms with Crippen molar-refractivity contribution >= 4 is 23.5 Å². The summed E-state index contributed by atoms with van der Waals surface area (Å²) in [6.07, 6.45) is 0. The van der Waals surface area contributed by atoms with Gasteiger partial charge >= 0.3 is 6.03 Å². The summed E-state index contributed by atoms with van der Waals surface area (Å²) in [5.74, 6) is -1.26. The van der Waals surface area contributed by atoms with Crippen molar-refractivity contribution in [1.82, 2.24) is 16.0 Å². The van der Waals surface area contributed by atoms with E-state index in [2.05, 4.69) is 16.0 Å². The highest BCUT2D eigenvalue weighted by Crippen LogP contribution is 2.28. The fourth-order valence-electron chi connectivity index (χ4n) is 2.46. The molecule has 0 heterocycles. The maximum atomic E-state index is 13.2. The molecule has 5 nitrogen and oxygen atoms in total. The molecule has 3 N–H and O–H groups in total. The second-order valence-electron chi connectivity index (χ2n) is 6.46. The van der Waals surface area contributed by atoms with Crippen molar-refractivity contribution in [3.05, 3.63) is 70.2 Å². The van der Waals surface area contributed by atoms with E-state index < -0.39 is 23.3 Å². The predicted molar refractivity (Wildman–Crippen MR) is 99.2 cm³/mol. The van der Waals surface area contributed by atoms with Crippen LogP contribution >= 0.6 is 11.6 Å². The average Bonchev–Trinajstić information content (AvgIpc) is 2.58. The molecule has 0 atom stereocenters. The van der Waals surface area contributed by atoms with E-state index in [0.717, 1.165) is 5.56 Å². The minimum Gasteiger partial charge on any atom is -0.346 e. The minimum absolute atomic E-state index is 0.199. The Morgan fingerprint density at radius 3 is 2.26 bits per heavy atom. The standard InChI is InChI=1S/C19H20ClF2N3O2/c1-19(2,15-8-7-14(22)9-16(15)20)25-17(26)11-24-18(27)23-10-12-3-5-13(21)6-4-12/h3-9H,10-11H2,1-2H3,(H,25,26)(H2,23,24,27). The van der Waals surface area contributed by atoms with Crippen LogP contribution in [0.15, 0.2) is 42.5 Å². The fraction of sp³-hybridized carbons (Fsp3) is 0.263. The molecule has 0 aliphatic rings. The molecule has 144 valence electrons. The van der Waals surface area contributed by atoms with E-state index in [1.54, 1.807) is 26.0 Å². The van der Waals surface area contributed by atoms with E-state index in [9.17, 15) is 18.4 Å². The summed E-state index contributed by atoms with van der Waals surface area (Å²) in [7, 11) is 0. The lowest BCUT2D eigenvalue weighted by Crippen LogP contribution is -2.47. The summed E-state index contributed by atoms with van der Waals surface area (Å²) in [5, 5.41) is 7.94. The highest BCUT2D eigenvalue weighted by Gasteiger charge is 2.25. The van der Waals surface area contributed by atoms with Gasteiger partial charge < -0.3 is 16.0 Å². The van der Waals surface area contributed by atoms with Crippen molar-refractivity contribution in [1.29, 1.82) is 0 Å². The Morgan fingerprint density at radius 2 is 1.63 bits per heavy atom. The summed E-state index contributed by atoms with van der Waals surface area (Å²) in [4.78, 5) is 23.9. The van der Waals surface area contributed by atoms with Crippen molar-refractivity contribution < 1.29 is 18.4 Å². The number of halogens is 3.